The molecule has 0 spiro atoms. The van der Waals surface area contributed by atoms with Crippen molar-refractivity contribution in [3.05, 3.63) is 11.6 Å². The van der Waals surface area contributed by atoms with Crippen molar-refractivity contribution < 1.29 is 9.63 Å². The Morgan fingerprint density at radius 2 is 2.27 bits per heavy atom. The Hall–Kier alpha value is -1.12. The van der Waals surface area contributed by atoms with E-state index in [0.29, 0.717) is 11.8 Å². The molecule has 1 rings (SSSR count). The van der Waals surface area contributed by atoms with Crippen molar-refractivity contribution >= 4 is 11.7 Å². The van der Waals surface area contributed by atoms with Crippen molar-refractivity contribution in [2.45, 2.75) is 40.5 Å². The molecule has 84 valence electrons. The van der Waals surface area contributed by atoms with Crippen molar-refractivity contribution in [2.24, 2.45) is 17.0 Å². The van der Waals surface area contributed by atoms with Crippen LogP contribution in [0.1, 0.15) is 40.5 Å². The van der Waals surface area contributed by atoms with E-state index in [4.69, 9.17) is 4.84 Å². The maximum atomic E-state index is 10.7. The zero-order valence-corrected chi connectivity index (χ0v) is 9.91. The summed E-state index contributed by atoms with van der Waals surface area (Å²) in [4.78, 5) is 15.4. The van der Waals surface area contributed by atoms with Crippen LogP contribution in [0, 0.1) is 11.8 Å². The van der Waals surface area contributed by atoms with E-state index in [-0.39, 0.29) is 5.97 Å². The average molecular weight is 209 g/mol. The van der Waals surface area contributed by atoms with Crippen molar-refractivity contribution in [3.63, 3.8) is 0 Å². The van der Waals surface area contributed by atoms with Crippen molar-refractivity contribution in [1.29, 1.82) is 0 Å². The number of allylic oxidation sites excluding steroid dienone is 2. The second-order valence-electron chi connectivity index (χ2n) is 4.48. The fourth-order valence-electron chi connectivity index (χ4n) is 1.76. The molecule has 0 amide bonds. The Labute approximate surface area is 91.2 Å². The summed E-state index contributed by atoms with van der Waals surface area (Å²) in [6.45, 7) is 7.81. The third-order valence-electron chi connectivity index (χ3n) is 2.52. The van der Waals surface area contributed by atoms with Gasteiger partial charge in [0.05, 0.1) is 5.71 Å². The summed E-state index contributed by atoms with van der Waals surface area (Å²) in [5, 5.41) is 3.93. The molecule has 15 heavy (non-hydrogen) atoms. The molecule has 0 aromatic rings. The maximum absolute atomic E-state index is 10.7. The number of nitrogens with zero attached hydrogens (tertiary/aromatic N) is 1. The summed E-state index contributed by atoms with van der Waals surface area (Å²) in [6, 6.07) is 0. The van der Waals surface area contributed by atoms with Gasteiger partial charge in [-0.3, -0.25) is 0 Å². The topological polar surface area (TPSA) is 38.7 Å². The van der Waals surface area contributed by atoms with Gasteiger partial charge in [-0.05, 0) is 30.3 Å². The Kier molecular flexibility index (Phi) is 4.06. The minimum absolute atomic E-state index is 0.358. The fraction of sp³-hybridized carbons (Fsp3) is 0.667. The molecule has 0 aromatic heterocycles. The van der Waals surface area contributed by atoms with Crippen LogP contribution in [-0.4, -0.2) is 11.7 Å². The van der Waals surface area contributed by atoms with Crippen LogP contribution >= 0.6 is 0 Å². The summed E-state index contributed by atoms with van der Waals surface area (Å²) >= 11 is 0. The molecule has 1 atom stereocenters. The van der Waals surface area contributed by atoms with Crippen molar-refractivity contribution in [3.8, 4) is 0 Å². The first-order valence-corrected chi connectivity index (χ1v) is 5.45. The predicted molar refractivity (Wildman–Crippen MR) is 60.5 cm³/mol. The van der Waals surface area contributed by atoms with Gasteiger partial charge in [0.15, 0.2) is 0 Å². The SMILES string of the molecule is CC(=O)ON=C1C[C@H](C)CC=C1C(C)C. The van der Waals surface area contributed by atoms with E-state index >= 15 is 0 Å². The lowest BCUT2D eigenvalue weighted by Gasteiger charge is -2.22. The molecule has 3 nitrogen and oxygen atoms in total. The molecule has 0 fully saturated rings. The van der Waals surface area contributed by atoms with Crippen LogP contribution in [0.2, 0.25) is 0 Å². The van der Waals surface area contributed by atoms with Crippen LogP contribution in [0.25, 0.3) is 0 Å². The number of carbonyl (C=O) groups is 1. The summed E-state index contributed by atoms with van der Waals surface area (Å²) in [5.74, 6) is 0.664. The van der Waals surface area contributed by atoms with Crippen molar-refractivity contribution in [2.75, 3.05) is 0 Å². The van der Waals surface area contributed by atoms with Gasteiger partial charge in [-0.2, -0.15) is 0 Å². The molecule has 1 aliphatic carbocycles. The smallest absolute Gasteiger partial charge is 0.318 e. The minimum Gasteiger partial charge on any atom is -0.318 e. The summed E-state index contributed by atoms with van der Waals surface area (Å²) < 4.78 is 0. The summed E-state index contributed by atoms with van der Waals surface area (Å²) in [5.41, 5.74) is 2.15. The lowest BCUT2D eigenvalue weighted by atomic mass is 9.84. The van der Waals surface area contributed by atoms with E-state index < -0.39 is 0 Å². The van der Waals surface area contributed by atoms with Gasteiger partial charge in [-0.1, -0.05) is 32.0 Å². The molecule has 0 radical (unpaired) electrons. The zero-order chi connectivity index (χ0) is 11.4. The van der Waals surface area contributed by atoms with Crippen LogP contribution in [0.4, 0.5) is 0 Å². The molecule has 0 saturated heterocycles. The van der Waals surface area contributed by atoms with Crippen LogP contribution in [0.5, 0.6) is 0 Å². The van der Waals surface area contributed by atoms with Gasteiger partial charge < -0.3 is 4.84 Å². The average Bonchev–Trinajstić information content (AvgIpc) is 2.14. The standard InChI is InChI=1S/C12H19NO2/c1-8(2)11-6-5-9(3)7-12(11)13-15-10(4)14/h6,8-9H,5,7H2,1-4H3/t9-/m1/s1. The van der Waals surface area contributed by atoms with Gasteiger partial charge >= 0.3 is 5.97 Å². The number of hydrogen-bond donors (Lipinski definition) is 0. The highest BCUT2D eigenvalue weighted by Gasteiger charge is 2.20. The first-order chi connectivity index (χ1) is 7.00. The Balaban J connectivity index is 2.82. The van der Waals surface area contributed by atoms with Gasteiger partial charge in [0.1, 0.15) is 0 Å². The Morgan fingerprint density at radius 1 is 1.60 bits per heavy atom. The molecule has 1 aliphatic rings. The predicted octanol–water partition coefficient (Wildman–Crippen LogP) is 2.92. The van der Waals surface area contributed by atoms with Crippen LogP contribution < -0.4 is 0 Å². The number of carbonyl (C=O) groups excluding carboxylic acids is 1. The summed E-state index contributed by atoms with van der Waals surface area (Å²) in [7, 11) is 0. The van der Waals surface area contributed by atoms with Gasteiger partial charge in [-0.25, -0.2) is 4.79 Å². The van der Waals surface area contributed by atoms with E-state index in [9.17, 15) is 4.79 Å². The molecule has 0 N–H and O–H groups in total. The highest BCUT2D eigenvalue weighted by atomic mass is 16.7. The Bertz CT molecular complexity index is 303. The molecule has 0 aromatic carbocycles. The molecular weight excluding hydrogens is 190 g/mol. The maximum Gasteiger partial charge on any atom is 0.331 e. The first kappa shape index (κ1) is 12.0. The number of rotatable bonds is 2. The molecule has 0 saturated carbocycles. The van der Waals surface area contributed by atoms with Gasteiger partial charge in [0.25, 0.3) is 0 Å². The van der Waals surface area contributed by atoms with E-state index in [2.05, 4.69) is 32.0 Å². The second kappa shape index (κ2) is 5.10. The van der Waals surface area contributed by atoms with Crippen LogP contribution in [0.3, 0.4) is 0 Å². The van der Waals surface area contributed by atoms with Crippen LogP contribution in [0.15, 0.2) is 16.8 Å². The normalized spacial score (nSPS) is 24.2. The van der Waals surface area contributed by atoms with E-state index in [1.165, 1.54) is 12.5 Å². The quantitative estimate of drug-likeness (QED) is 0.518. The molecule has 0 heterocycles. The summed E-state index contributed by atoms with van der Waals surface area (Å²) in [6.07, 6.45) is 4.20. The van der Waals surface area contributed by atoms with Crippen molar-refractivity contribution in [1.82, 2.24) is 0 Å². The third kappa shape index (κ3) is 3.50. The van der Waals surface area contributed by atoms with Gasteiger partial charge in [-0.15, -0.1) is 0 Å². The Morgan fingerprint density at radius 3 is 2.80 bits per heavy atom. The minimum atomic E-state index is -0.358. The van der Waals surface area contributed by atoms with Gasteiger partial charge in [0.2, 0.25) is 0 Å². The van der Waals surface area contributed by atoms with Crippen LogP contribution in [-0.2, 0) is 9.63 Å². The molecule has 3 heteroatoms. The number of oxime groups is 1. The fourth-order valence-corrected chi connectivity index (χ4v) is 1.76. The molecule has 0 unspecified atom stereocenters. The molecule has 0 bridgehead atoms. The van der Waals surface area contributed by atoms with Gasteiger partial charge in [0, 0.05) is 6.92 Å². The lowest BCUT2D eigenvalue weighted by molar-refractivity contribution is -0.140. The second-order valence-corrected chi connectivity index (χ2v) is 4.48. The molecule has 0 aliphatic heterocycles. The van der Waals surface area contributed by atoms with E-state index in [1.54, 1.807) is 0 Å². The third-order valence-corrected chi connectivity index (χ3v) is 2.52. The largest absolute Gasteiger partial charge is 0.331 e. The first-order valence-electron chi connectivity index (χ1n) is 5.45. The van der Waals surface area contributed by atoms with E-state index in [1.807, 2.05) is 0 Å². The highest BCUT2D eigenvalue weighted by molar-refractivity contribution is 6.01. The zero-order valence-electron chi connectivity index (χ0n) is 9.91. The van der Waals surface area contributed by atoms with E-state index in [0.717, 1.165) is 18.6 Å². The number of hydrogen-bond acceptors (Lipinski definition) is 3. The highest BCUT2D eigenvalue weighted by Crippen LogP contribution is 2.25. The molecular formula is C12H19NO2. The lowest BCUT2D eigenvalue weighted by Crippen LogP contribution is -2.18. The monoisotopic (exact) mass is 209 g/mol.